The Morgan fingerprint density at radius 2 is 2.00 bits per heavy atom. The predicted octanol–water partition coefficient (Wildman–Crippen LogP) is 3.03. The van der Waals surface area contributed by atoms with Gasteiger partial charge in [-0.05, 0) is 25.1 Å². The number of rotatable bonds is 3. The molecule has 0 bridgehead atoms. The van der Waals surface area contributed by atoms with Crippen LogP contribution in [0.3, 0.4) is 0 Å². The lowest BCUT2D eigenvalue weighted by atomic mass is 10.1. The van der Waals surface area contributed by atoms with Crippen molar-refractivity contribution in [2.24, 2.45) is 5.73 Å². The second-order valence-corrected chi connectivity index (χ2v) is 3.72. The van der Waals surface area contributed by atoms with Gasteiger partial charge in [-0.25, -0.2) is 9.37 Å². The number of hydrogen-bond acceptors (Lipinski definition) is 3. The smallest absolute Gasteiger partial charge is 0.224 e. The minimum Gasteiger partial charge on any atom is -0.436 e. The summed E-state index contributed by atoms with van der Waals surface area (Å²) in [6, 6.07) is 9.56. The molecule has 0 aliphatic heterocycles. The van der Waals surface area contributed by atoms with Gasteiger partial charge in [0.25, 0.3) is 0 Å². The van der Waals surface area contributed by atoms with E-state index in [0.29, 0.717) is 5.88 Å². The molecule has 0 saturated heterocycles. The van der Waals surface area contributed by atoms with E-state index >= 15 is 0 Å². The molecule has 0 aliphatic carbocycles. The van der Waals surface area contributed by atoms with Gasteiger partial charge in [-0.3, -0.25) is 0 Å². The summed E-state index contributed by atoms with van der Waals surface area (Å²) >= 11 is 0. The molecule has 3 nitrogen and oxygen atoms in total. The van der Waals surface area contributed by atoms with E-state index < -0.39 is 5.82 Å². The second kappa shape index (κ2) is 4.93. The van der Waals surface area contributed by atoms with Gasteiger partial charge in [0.1, 0.15) is 0 Å². The lowest BCUT2D eigenvalue weighted by molar-refractivity contribution is 0.419. The average Bonchev–Trinajstić information content (AvgIpc) is 2.32. The molecule has 1 aromatic heterocycles. The molecule has 4 heteroatoms. The van der Waals surface area contributed by atoms with Crippen molar-refractivity contribution in [3.8, 4) is 11.6 Å². The summed E-state index contributed by atoms with van der Waals surface area (Å²) < 4.78 is 18.9. The summed E-state index contributed by atoms with van der Waals surface area (Å²) in [5, 5.41) is 0. The van der Waals surface area contributed by atoms with E-state index in [4.69, 9.17) is 10.5 Å². The third-order valence-electron chi connectivity index (χ3n) is 2.33. The zero-order chi connectivity index (χ0) is 12.3. The first-order valence-electron chi connectivity index (χ1n) is 5.31. The molecule has 0 radical (unpaired) electrons. The molecular weight excluding hydrogens is 219 g/mol. The molecule has 2 rings (SSSR count). The molecule has 2 aromatic rings. The third-order valence-corrected chi connectivity index (χ3v) is 2.33. The molecule has 17 heavy (non-hydrogen) atoms. The first kappa shape index (κ1) is 11.5. The Morgan fingerprint density at radius 3 is 2.71 bits per heavy atom. The minimum absolute atomic E-state index is 0.146. The summed E-state index contributed by atoms with van der Waals surface area (Å²) in [5.41, 5.74) is 6.54. The first-order chi connectivity index (χ1) is 8.18. The largest absolute Gasteiger partial charge is 0.436 e. The van der Waals surface area contributed by atoms with Crippen LogP contribution in [0.2, 0.25) is 0 Å². The van der Waals surface area contributed by atoms with Crippen LogP contribution >= 0.6 is 0 Å². The molecule has 0 aliphatic rings. The fourth-order valence-corrected chi connectivity index (χ4v) is 1.47. The van der Waals surface area contributed by atoms with Crippen molar-refractivity contribution in [2.75, 3.05) is 0 Å². The molecule has 0 fully saturated rings. The second-order valence-electron chi connectivity index (χ2n) is 3.72. The highest BCUT2D eigenvalue weighted by atomic mass is 19.1. The maximum Gasteiger partial charge on any atom is 0.224 e. The van der Waals surface area contributed by atoms with E-state index in [1.54, 1.807) is 30.5 Å². The molecule has 1 unspecified atom stereocenters. The van der Waals surface area contributed by atoms with Crippen molar-refractivity contribution in [3.63, 3.8) is 0 Å². The van der Waals surface area contributed by atoms with E-state index in [1.807, 2.05) is 13.0 Å². The average molecular weight is 232 g/mol. The Morgan fingerprint density at radius 1 is 1.24 bits per heavy atom. The Bertz CT molecular complexity index is 514. The number of benzene rings is 1. The van der Waals surface area contributed by atoms with Crippen LogP contribution in [0, 0.1) is 5.82 Å². The van der Waals surface area contributed by atoms with Gasteiger partial charge in [-0.15, -0.1) is 0 Å². The van der Waals surface area contributed by atoms with Crippen molar-refractivity contribution in [2.45, 2.75) is 13.0 Å². The van der Waals surface area contributed by atoms with E-state index in [0.717, 1.165) is 5.56 Å². The predicted molar refractivity (Wildman–Crippen MR) is 63.3 cm³/mol. The maximum atomic E-state index is 13.4. The van der Waals surface area contributed by atoms with Crippen LogP contribution in [0.15, 0.2) is 42.6 Å². The van der Waals surface area contributed by atoms with Crippen molar-refractivity contribution in [1.82, 2.24) is 4.98 Å². The zero-order valence-electron chi connectivity index (χ0n) is 9.43. The Labute approximate surface area is 99.1 Å². The summed E-state index contributed by atoms with van der Waals surface area (Å²) in [6.45, 7) is 1.82. The van der Waals surface area contributed by atoms with Crippen LogP contribution in [0.5, 0.6) is 11.6 Å². The Balaban J connectivity index is 2.34. The zero-order valence-corrected chi connectivity index (χ0v) is 9.43. The van der Waals surface area contributed by atoms with Crippen LogP contribution in [0.25, 0.3) is 0 Å². The van der Waals surface area contributed by atoms with Gasteiger partial charge >= 0.3 is 0 Å². The number of aromatic nitrogens is 1. The van der Waals surface area contributed by atoms with Gasteiger partial charge < -0.3 is 10.5 Å². The van der Waals surface area contributed by atoms with Gasteiger partial charge in [0.2, 0.25) is 5.88 Å². The van der Waals surface area contributed by atoms with Crippen molar-refractivity contribution < 1.29 is 9.13 Å². The molecular formula is C13H13FN2O. The van der Waals surface area contributed by atoms with E-state index in [1.165, 1.54) is 6.07 Å². The van der Waals surface area contributed by atoms with E-state index in [-0.39, 0.29) is 11.8 Å². The highest BCUT2D eigenvalue weighted by Gasteiger charge is 2.11. The van der Waals surface area contributed by atoms with E-state index in [2.05, 4.69) is 4.98 Å². The van der Waals surface area contributed by atoms with Crippen LogP contribution in [-0.4, -0.2) is 4.98 Å². The summed E-state index contributed by atoms with van der Waals surface area (Å²) in [5.74, 6) is 0.0643. The summed E-state index contributed by atoms with van der Waals surface area (Å²) in [7, 11) is 0. The van der Waals surface area contributed by atoms with Gasteiger partial charge in [-0.1, -0.05) is 18.2 Å². The molecule has 1 heterocycles. The van der Waals surface area contributed by atoms with Crippen LogP contribution in [0.4, 0.5) is 4.39 Å². The molecule has 1 atom stereocenters. The monoisotopic (exact) mass is 232 g/mol. The molecule has 0 spiro atoms. The quantitative estimate of drug-likeness (QED) is 0.884. The highest BCUT2D eigenvalue weighted by molar-refractivity contribution is 5.34. The normalized spacial score (nSPS) is 12.2. The first-order valence-corrected chi connectivity index (χ1v) is 5.31. The van der Waals surface area contributed by atoms with Gasteiger partial charge in [0, 0.05) is 17.8 Å². The fraction of sp³-hybridized carbons (Fsp3) is 0.154. The number of nitrogens with two attached hydrogens (primary N) is 1. The molecule has 0 amide bonds. The molecule has 2 N–H and O–H groups in total. The summed E-state index contributed by atoms with van der Waals surface area (Å²) in [6.07, 6.45) is 1.59. The number of ether oxygens (including phenoxy) is 1. The Hall–Kier alpha value is -1.94. The van der Waals surface area contributed by atoms with Crippen LogP contribution < -0.4 is 10.5 Å². The number of para-hydroxylation sites is 1. The number of hydrogen-bond donors (Lipinski definition) is 1. The van der Waals surface area contributed by atoms with Crippen molar-refractivity contribution in [1.29, 1.82) is 0 Å². The molecule has 0 saturated carbocycles. The SMILES string of the molecule is CC(N)c1cccnc1Oc1ccccc1F. The van der Waals surface area contributed by atoms with E-state index in [9.17, 15) is 4.39 Å². The van der Waals surface area contributed by atoms with Crippen molar-refractivity contribution >= 4 is 0 Å². The Kier molecular flexibility index (Phi) is 3.35. The van der Waals surface area contributed by atoms with Gasteiger partial charge in [0.15, 0.2) is 11.6 Å². The van der Waals surface area contributed by atoms with Crippen LogP contribution in [-0.2, 0) is 0 Å². The summed E-state index contributed by atoms with van der Waals surface area (Å²) in [4.78, 5) is 4.07. The fourth-order valence-electron chi connectivity index (χ4n) is 1.47. The maximum absolute atomic E-state index is 13.4. The minimum atomic E-state index is -0.422. The standard InChI is InChI=1S/C13H13FN2O/c1-9(15)10-5-4-8-16-13(10)17-12-7-3-2-6-11(12)14/h2-9H,15H2,1H3. The van der Waals surface area contributed by atoms with Gasteiger partial charge in [-0.2, -0.15) is 0 Å². The third kappa shape index (κ3) is 2.60. The lowest BCUT2D eigenvalue weighted by Crippen LogP contribution is -2.07. The van der Waals surface area contributed by atoms with Crippen molar-refractivity contribution in [3.05, 3.63) is 54.0 Å². The number of halogens is 1. The topological polar surface area (TPSA) is 48.1 Å². The lowest BCUT2D eigenvalue weighted by Gasteiger charge is -2.12. The number of pyridine rings is 1. The molecule has 88 valence electrons. The highest BCUT2D eigenvalue weighted by Crippen LogP contribution is 2.27. The molecule has 1 aromatic carbocycles. The van der Waals surface area contributed by atoms with Crippen LogP contribution in [0.1, 0.15) is 18.5 Å². The van der Waals surface area contributed by atoms with Gasteiger partial charge in [0.05, 0.1) is 0 Å². The number of nitrogens with zero attached hydrogens (tertiary/aromatic N) is 1.